The van der Waals surface area contributed by atoms with E-state index < -0.39 is 0 Å². The van der Waals surface area contributed by atoms with Crippen LogP contribution in [0.1, 0.15) is 6.92 Å². The van der Waals surface area contributed by atoms with E-state index in [0.717, 1.165) is 32.2 Å². The van der Waals surface area contributed by atoms with Crippen LogP contribution in [-0.4, -0.2) is 34.6 Å². The zero-order valence-electron chi connectivity index (χ0n) is 16.0. The quantitative estimate of drug-likeness (QED) is 0.534. The Labute approximate surface area is 177 Å². The number of para-hydroxylation sites is 1. The summed E-state index contributed by atoms with van der Waals surface area (Å²) in [5.41, 5.74) is 2.85. The lowest BCUT2D eigenvalue weighted by Crippen LogP contribution is -2.29. The first-order valence-corrected chi connectivity index (χ1v) is 11.0. The molecular weight excluding hydrogens is 400 g/mol. The molecule has 3 heterocycles. The van der Waals surface area contributed by atoms with Crippen molar-refractivity contribution in [1.82, 2.24) is 9.88 Å². The molecule has 0 aliphatic carbocycles. The zero-order chi connectivity index (χ0) is 20.0. The number of anilines is 1. The molecule has 1 saturated heterocycles. The molecule has 1 fully saturated rings. The zero-order valence-corrected chi connectivity index (χ0v) is 17.6. The number of rotatable bonds is 2. The number of aromatic nitrogens is 1. The van der Waals surface area contributed by atoms with Gasteiger partial charge in [0.05, 0.1) is 21.9 Å². The molecule has 2 aromatic carbocycles. The molecule has 2 aliphatic rings. The van der Waals surface area contributed by atoms with Gasteiger partial charge in [0.15, 0.2) is 5.17 Å². The number of nitrogens with zero attached hydrogens (tertiary/aromatic N) is 4. The Bertz CT molecular complexity index is 1200. The number of hydrogen-bond donors (Lipinski definition) is 0. The number of pyridine rings is 1. The molecule has 5 nitrogen and oxygen atoms in total. The number of carbonyl (C=O) groups is 1. The summed E-state index contributed by atoms with van der Waals surface area (Å²) in [6.45, 7) is 2.55. The van der Waals surface area contributed by atoms with E-state index >= 15 is 0 Å². The predicted molar refractivity (Wildman–Crippen MR) is 122 cm³/mol. The first-order valence-electron chi connectivity index (χ1n) is 9.34. The number of carbonyl (C=O) groups excluding carboxylic acids is 1. The highest BCUT2D eigenvalue weighted by Crippen LogP contribution is 2.50. The third-order valence-electron chi connectivity index (χ3n) is 4.95. The Morgan fingerprint density at radius 3 is 2.72 bits per heavy atom. The summed E-state index contributed by atoms with van der Waals surface area (Å²) in [6.07, 6.45) is 1.78. The summed E-state index contributed by atoms with van der Waals surface area (Å²) >= 11 is 3.09. The molecule has 2 aliphatic heterocycles. The summed E-state index contributed by atoms with van der Waals surface area (Å²) in [6, 6.07) is 18.0. The van der Waals surface area contributed by atoms with E-state index in [-0.39, 0.29) is 5.91 Å². The minimum atomic E-state index is 0.0109. The van der Waals surface area contributed by atoms with E-state index in [2.05, 4.69) is 22.0 Å². The van der Waals surface area contributed by atoms with Gasteiger partial charge in [-0.3, -0.25) is 14.7 Å². The van der Waals surface area contributed by atoms with Crippen LogP contribution in [0.4, 0.5) is 11.4 Å². The van der Waals surface area contributed by atoms with Gasteiger partial charge in [-0.1, -0.05) is 30.0 Å². The van der Waals surface area contributed by atoms with Crippen LogP contribution >= 0.6 is 23.5 Å². The van der Waals surface area contributed by atoms with Crippen molar-refractivity contribution in [2.45, 2.75) is 11.8 Å². The molecule has 0 unspecified atom stereocenters. The maximum Gasteiger partial charge on any atom is 0.269 e. The average molecular weight is 419 g/mol. The van der Waals surface area contributed by atoms with Gasteiger partial charge in [0.1, 0.15) is 4.91 Å². The second-order valence-corrected chi connectivity index (χ2v) is 8.66. The Morgan fingerprint density at radius 2 is 1.90 bits per heavy atom. The third kappa shape index (κ3) is 3.01. The van der Waals surface area contributed by atoms with Crippen LogP contribution in [0.5, 0.6) is 0 Å². The number of amidine groups is 1. The van der Waals surface area contributed by atoms with Gasteiger partial charge in [-0.05, 0) is 55.1 Å². The molecule has 0 N–H and O–H groups in total. The molecule has 1 amide bonds. The maximum atomic E-state index is 13.2. The van der Waals surface area contributed by atoms with Gasteiger partial charge in [0.2, 0.25) is 0 Å². The van der Waals surface area contributed by atoms with E-state index in [1.54, 1.807) is 22.9 Å². The van der Waals surface area contributed by atoms with Crippen LogP contribution < -0.4 is 4.90 Å². The predicted octanol–water partition coefficient (Wildman–Crippen LogP) is 5.23. The van der Waals surface area contributed by atoms with Crippen LogP contribution in [0.15, 0.2) is 80.6 Å². The van der Waals surface area contributed by atoms with Crippen molar-refractivity contribution in [1.29, 1.82) is 0 Å². The number of hydrogen-bond acceptors (Lipinski definition) is 6. The Balaban J connectivity index is 1.58. The SMILES string of the molecule is CCN1C(=O)C(=C2Sc3ccccc3N2C)SC1=Nc1cccc2ncccc12. The van der Waals surface area contributed by atoms with E-state index in [1.165, 1.54) is 16.7 Å². The summed E-state index contributed by atoms with van der Waals surface area (Å²) in [4.78, 5) is 28.2. The first-order chi connectivity index (χ1) is 14.2. The van der Waals surface area contributed by atoms with Crippen molar-refractivity contribution in [3.8, 4) is 0 Å². The van der Waals surface area contributed by atoms with Crippen LogP contribution in [-0.2, 0) is 4.79 Å². The van der Waals surface area contributed by atoms with Crippen LogP contribution in [0, 0.1) is 0 Å². The highest BCUT2D eigenvalue weighted by molar-refractivity contribution is 8.19. The smallest absolute Gasteiger partial charge is 0.269 e. The minimum Gasteiger partial charge on any atom is -0.337 e. The standard InChI is InChI=1S/C22H18N4OS2/c1-3-26-20(27)19(21-25(2)17-11-4-5-12-18(17)28-21)29-22(26)24-16-10-6-9-15-14(16)8-7-13-23-15/h4-13H,3H2,1-2H3. The lowest BCUT2D eigenvalue weighted by Gasteiger charge is -2.15. The molecule has 7 heteroatoms. The van der Waals surface area contributed by atoms with Gasteiger partial charge in [-0.2, -0.15) is 0 Å². The molecule has 5 rings (SSSR count). The Hall–Kier alpha value is -2.77. The molecule has 0 atom stereocenters. The second-order valence-electron chi connectivity index (χ2n) is 6.66. The number of thioether (sulfide) groups is 2. The van der Waals surface area contributed by atoms with Gasteiger partial charge in [0.25, 0.3) is 5.91 Å². The average Bonchev–Trinajstić information content (AvgIpc) is 3.24. The number of benzene rings is 2. The molecule has 0 saturated carbocycles. The van der Waals surface area contributed by atoms with Crippen molar-refractivity contribution >= 4 is 56.9 Å². The number of likely N-dealkylation sites (N-methyl/N-ethyl adjacent to an activating group) is 1. The summed E-state index contributed by atoms with van der Waals surface area (Å²) in [5.74, 6) is 0.0109. The van der Waals surface area contributed by atoms with E-state index in [0.29, 0.717) is 11.7 Å². The highest BCUT2D eigenvalue weighted by atomic mass is 32.2. The van der Waals surface area contributed by atoms with Crippen molar-refractivity contribution in [3.63, 3.8) is 0 Å². The fraction of sp³-hybridized carbons (Fsp3) is 0.136. The summed E-state index contributed by atoms with van der Waals surface area (Å²) in [5, 5.41) is 2.65. The molecule has 1 aromatic heterocycles. The number of amides is 1. The molecular formula is C22H18N4OS2. The van der Waals surface area contributed by atoms with Gasteiger partial charge < -0.3 is 4.90 Å². The van der Waals surface area contributed by atoms with Crippen molar-refractivity contribution < 1.29 is 4.79 Å². The molecule has 0 spiro atoms. The molecule has 29 heavy (non-hydrogen) atoms. The molecule has 3 aromatic rings. The second kappa shape index (κ2) is 7.24. The van der Waals surface area contributed by atoms with E-state index in [9.17, 15) is 4.79 Å². The number of fused-ring (bicyclic) bond motifs is 2. The lowest BCUT2D eigenvalue weighted by atomic mass is 10.2. The summed E-state index contributed by atoms with van der Waals surface area (Å²) < 4.78 is 0. The first kappa shape index (κ1) is 18.3. The fourth-order valence-electron chi connectivity index (χ4n) is 3.49. The minimum absolute atomic E-state index is 0.0109. The van der Waals surface area contributed by atoms with Crippen LogP contribution in [0.2, 0.25) is 0 Å². The van der Waals surface area contributed by atoms with Gasteiger partial charge in [-0.25, -0.2) is 4.99 Å². The Kier molecular flexibility index (Phi) is 4.56. The monoisotopic (exact) mass is 418 g/mol. The highest BCUT2D eigenvalue weighted by Gasteiger charge is 2.38. The summed E-state index contributed by atoms with van der Waals surface area (Å²) in [7, 11) is 2.01. The van der Waals surface area contributed by atoms with Gasteiger partial charge in [0, 0.05) is 30.1 Å². The van der Waals surface area contributed by atoms with Crippen LogP contribution in [0.3, 0.4) is 0 Å². The number of aliphatic imine (C=N–C) groups is 1. The van der Waals surface area contributed by atoms with Crippen molar-refractivity contribution in [3.05, 3.63) is 70.7 Å². The van der Waals surface area contributed by atoms with E-state index in [4.69, 9.17) is 4.99 Å². The topological polar surface area (TPSA) is 48.8 Å². The fourth-order valence-corrected chi connectivity index (χ4v) is 5.89. The van der Waals surface area contributed by atoms with Crippen molar-refractivity contribution in [2.75, 3.05) is 18.5 Å². The Morgan fingerprint density at radius 1 is 1.03 bits per heavy atom. The van der Waals surface area contributed by atoms with Gasteiger partial charge >= 0.3 is 0 Å². The molecule has 144 valence electrons. The van der Waals surface area contributed by atoms with Gasteiger partial charge in [-0.15, -0.1) is 0 Å². The lowest BCUT2D eigenvalue weighted by molar-refractivity contribution is -0.122. The largest absolute Gasteiger partial charge is 0.337 e. The molecule has 0 radical (unpaired) electrons. The van der Waals surface area contributed by atoms with Crippen molar-refractivity contribution in [2.24, 2.45) is 4.99 Å². The van der Waals surface area contributed by atoms with E-state index in [1.807, 2.05) is 56.4 Å². The normalized spacial score (nSPS) is 20.2. The molecule has 0 bridgehead atoms. The third-order valence-corrected chi connectivity index (χ3v) is 7.38. The maximum absolute atomic E-state index is 13.2. The van der Waals surface area contributed by atoms with Crippen LogP contribution in [0.25, 0.3) is 10.9 Å².